The minimum atomic E-state index is -4.00. The largest absolute Gasteiger partial charge is 0.346 e. The molecule has 0 aliphatic heterocycles. The van der Waals surface area contributed by atoms with E-state index in [2.05, 4.69) is 5.32 Å². The summed E-state index contributed by atoms with van der Waals surface area (Å²) in [6.07, 6.45) is 0. The van der Waals surface area contributed by atoms with E-state index in [9.17, 15) is 13.2 Å². The van der Waals surface area contributed by atoms with Gasteiger partial charge in [0.05, 0.1) is 12.2 Å². The maximum absolute atomic E-state index is 13.8. The maximum atomic E-state index is 13.8. The molecule has 32 heavy (non-hydrogen) atoms. The van der Waals surface area contributed by atoms with Gasteiger partial charge in [-0.3, -0.25) is 9.10 Å². The summed E-state index contributed by atoms with van der Waals surface area (Å²) in [7, 11) is -2.49. The van der Waals surface area contributed by atoms with E-state index in [1.807, 2.05) is 66.9 Å². The molecule has 0 aliphatic rings. The van der Waals surface area contributed by atoms with E-state index in [4.69, 9.17) is 0 Å². The molecule has 164 valence electrons. The number of carbonyl (C=O) groups is 1. The molecule has 2 aromatic carbocycles. The molecule has 4 rings (SSSR count). The zero-order valence-electron chi connectivity index (χ0n) is 17.6. The van der Waals surface area contributed by atoms with Gasteiger partial charge in [-0.05, 0) is 36.1 Å². The Labute approximate surface area is 196 Å². The summed E-state index contributed by atoms with van der Waals surface area (Å²) >= 11 is 2.68. The van der Waals surface area contributed by atoms with Gasteiger partial charge in [0.25, 0.3) is 15.9 Å². The van der Waals surface area contributed by atoms with E-state index >= 15 is 0 Å². The Morgan fingerprint density at radius 3 is 2.34 bits per heavy atom. The normalized spacial score (nSPS) is 11.3. The molecule has 8 heteroatoms. The fourth-order valence-corrected chi connectivity index (χ4v) is 6.79. The summed E-state index contributed by atoms with van der Waals surface area (Å²) in [5, 5.41) is 6.54. The fourth-order valence-electron chi connectivity index (χ4n) is 3.27. The van der Waals surface area contributed by atoms with Crippen molar-refractivity contribution in [2.24, 2.45) is 0 Å². The van der Waals surface area contributed by atoms with Crippen LogP contribution in [0.3, 0.4) is 0 Å². The third kappa shape index (κ3) is 4.48. The highest BCUT2D eigenvalue weighted by Gasteiger charge is 2.32. The Kier molecular flexibility index (Phi) is 6.45. The predicted octanol–water partition coefficient (Wildman–Crippen LogP) is 5.54. The smallest absolute Gasteiger partial charge is 0.266 e. The van der Waals surface area contributed by atoms with Crippen molar-refractivity contribution >= 4 is 44.3 Å². The number of nitrogens with one attached hydrogen (secondary N) is 1. The Morgan fingerprint density at radius 2 is 1.69 bits per heavy atom. The molecule has 1 amide bonds. The molecule has 0 saturated heterocycles. The van der Waals surface area contributed by atoms with Crippen molar-refractivity contribution in [2.45, 2.75) is 18.4 Å². The summed E-state index contributed by atoms with van der Waals surface area (Å²) in [4.78, 5) is 14.3. The van der Waals surface area contributed by atoms with E-state index in [-0.39, 0.29) is 9.77 Å². The van der Waals surface area contributed by atoms with Crippen molar-refractivity contribution in [3.63, 3.8) is 0 Å². The predicted molar refractivity (Wildman–Crippen MR) is 132 cm³/mol. The van der Waals surface area contributed by atoms with Gasteiger partial charge in [0.15, 0.2) is 0 Å². The number of hydrogen-bond acceptors (Lipinski definition) is 5. The topological polar surface area (TPSA) is 66.5 Å². The van der Waals surface area contributed by atoms with Crippen molar-refractivity contribution in [3.05, 3.63) is 92.8 Å². The lowest BCUT2D eigenvalue weighted by atomic mass is 10.1. The number of rotatable bonds is 7. The number of sulfonamides is 1. The molecule has 0 spiro atoms. The van der Waals surface area contributed by atoms with Crippen LogP contribution in [0.15, 0.2) is 82.4 Å². The van der Waals surface area contributed by atoms with Gasteiger partial charge in [0.1, 0.15) is 9.77 Å². The third-order valence-electron chi connectivity index (χ3n) is 5.06. The van der Waals surface area contributed by atoms with E-state index in [1.165, 1.54) is 22.7 Å². The number of aryl methyl sites for hydroxylation is 1. The molecular formula is C24H22N2O3S3. The van der Waals surface area contributed by atoms with Crippen LogP contribution in [0.1, 0.15) is 20.1 Å². The molecule has 0 unspecified atom stereocenters. The molecule has 4 aromatic rings. The minimum Gasteiger partial charge on any atom is -0.346 e. The highest BCUT2D eigenvalue weighted by atomic mass is 32.2. The summed E-state index contributed by atoms with van der Waals surface area (Å²) in [5.74, 6) is -0.401. The average molecular weight is 483 g/mol. The van der Waals surface area contributed by atoms with E-state index in [0.29, 0.717) is 17.8 Å². The number of amides is 1. The van der Waals surface area contributed by atoms with Crippen LogP contribution < -0.4 is 9.62 Å². The van der Waals surface area contributed by atoms with E-state index in [1.54, 1.807) is 17.5 Å². The summed E-state index contributed by atoms with van der Waals surface area (Å²) in [6, 6.07) is 20.4. The number of carbonyl (C=O) groups excluding carboxylic acids is 1. The number of nitrogens with zero attached hydrogens (tertiary/aromatic N) is 1. The first kappa shape index (κ1) is 22.3. The summed E-state index contributed by atoms with van der Waals surface area (Å²) < 4.78 is 28.8. The first-order chi connectivity index (χ1) is 15.4. The van der Waals surface area contributed by atoms with Gasteiger partial charge in [0.2, 0.25) is 0 Å². The molecule has 0 fully saturated rings. The van der Waals surface area contributed by atoms with Crippen molar-refractivity contribution in [1.82, 2.24) is 5.32 Å². The monoisotopic (exact) mass is 482 g/mol. The molecule has 5 nitrogen and oxygen atoms in total. The van der Waals surface area contributed by atoms with Gasteiger partial charge in [0, 0.05) is 22.9 Å². The van der Waals surface area contributed by atoms with Crippen LogP contribution >= 0.6 is 22.7 Å². The van der Waals surface area contributed by atoms with E-state index < -0.39 is 15.9 Å². The minimum absolute atomic E-state index is 0.0282. The second kappa shape index (κ2) is 9.28. The standard InChI is InChI=1S/C24H22N2O3S3/c1-17-10-12-19(13-11-17)26(2)32(28,29)23-21(18-7-4-3-5-8-18)16-31-22(23)24(27)25-15-20-9-6-14-30-20/h3-14,16H,15H2,1-2H3,(H,25,27). The van der Waals surface area contributed by atoms with Crippen LogP contribution in [0.25, 0.3) is 11.1 Å². The summed E-state index contributed by atoms with van der Waals surface area (Å²) in [6.45, 7) is 2.29. The molecule has 1 N–H and O–H groups in total. The molecule has 0 radical (unpaired) electrons. The van der Waals surface area contributed by atoms with Gasteiger partial charge in [-0.2, -0.15) is 0 Å². The van der Waals surface area contributed by atoms with Crippen LogP contribution in [0.4, 0.5) is 5.69 Å². The molecule has 0 saturated carbocycles. The number of hydrogen-bond donors (Lipinski definition) is 1. The Morgan fingerprint density at radius 1 is 0.969 bits per heavy atom. The SMILES string of the molecule is Cc1ccc(N(C)S(=O)(=O)c2c(-c3ccccc3)csc2C(=O)NCc2cccs2)cc1. The lowest BCUT2D eigenvalue weighted by Gasteiger charge is -2.21. The van der Waals surface area contributed by atoms with Crippen LogP contribution in [0, 0.1) is 6.92 Å². The van der Waals surface area contributed by atoms with E-state index in [0.717, 1.165) is 27.3 Å². The fraction of sp³-hybridized carbons (Fsp3) is 0.125. The first-order valence-corrected chi connectivity index (χ1v) is 13.1. The highest BCUT2D eigenvalue weighted by Crippen LogP contribution is 2.38. The molecule has 0 bridgehead atoms. The zero-order chi connectivity index (χ0) is 22.7. The van der Waals surface area contributed by atoms with Gasteiger partial charge >= 0.3 is 0 Å². The maximum Gasteiger partial charge on any atom is 0.266 e. The Balaban J connectivity index is 1.77. The van der Waals surface area contributed by atoms with Crippen LogP contribution in [-0.4, -0.2) is 21.4 Å². The molecule has 0 atom stereocenters. The molecule has 0 aliphatic carbocycles. The molecule has 2 aromatic heterocycles. The second-order valence-electron chi connectivity index (χ2n) is 7.24. The van der Waals surface area contributed by atoms with Crippen molar-refractivity contribution in [1.29, 1.82) is 0 Å². The molecular weight excluding hydrogens is 460 g/mol. The molecule has 2 heterocycles. The van der Waals surface area contributed by atoms with Gasteiger partial charge in [-0.1, -0.05) is 54.1 Å². The number of benzene rings is 2. The Bertz CT molecular complexity index is 1310. The first-order valence-electron chi connectivity index (χ1n) is 9.91. The van der Waals surface area contributed by atoms with Crippen molar-refractivity contribution in [3.8, 4) is 11.1 Å². The zero-order valence-corrected chi connectivity index (χ0v) is 20.1. The van der Waals surface area contributed by atoms with Crippen molar-refractivity contribution < 1.29 is 13.2 Å². The van der Waals surface area contributed by atoms with Gasteiger partial charge in [-0.15, -0.1) is 22.7 Å². The quantitative estimate of drug-likeness (QED) is 0.376. The lowest BCUT2D eigenvalue weighted by Crippen LogP contribution is -2.30. The third-order valence-corrected chi connectivity index (χ3v) is 8.91. The second-order valence-corrected chi connectivity index (χ2v) is 11.1. The van der Waals surface area contributed by atoms with Crippen LogP contribution in [0.5, 0.6) is 0 Å². The summed E-state index contributed by atoms with van der Waals surface area (Å²) in [5.41, 5.74) is 2.84. The lowest BCUT2D eigenvalue weighted by molar-refractivity contribution is 0.0952. The van der Waals surface area contributed by atoms with Crippen molar-refractivity contribution in [2.75, 3.05) is 11.4 Å². The Hall–Kier alpha value is -2.94. The highest BCUT2D eigenvalue weighted by molar-refractivity contribution is 7.93. The average Bonchev–Trinajstić information content (AvgIpc) is 3.48. The van der Waals surface area contributed by atoms with Gasteiger partial charge < -0.3 is 5.32 Å². The van der Waals surface area contributed by atoms with Crippen LogP contribution in [0.2, 0.25) is 0 Å². The van der Waals surface area contributed by atoms with Gasteiger partial charge in [-0.25, -0.2) is 8.42 Å². The number of thiophene rings is 2. The number of anilines is 1. The van der Waals surface area contributed by atoms with Crippen LogP contribution in [-0.2, 0) is 16.6 Å².